The first-order valence-corrected chi connectivity index (χ1v) is 5.49. The average Bonchev–Trinajstić information content (AvgIpc) is 2.88. The van der Waals surface area contributed by atoms with Crippen molar-refractivity contribution in [2.75, 3.05) is 0 Å². The Morgan fingerprint density at radius 3 is 2.78 bits per heavy atom. The van der Waals surface area contributed by atoms with Crippen molar-refractivity contribution < 1.29 is 0 Å². The average molecular weight is 241 g/mol. The molecule has 3 aromatic rings. The minimum absolute atomic E-state index is 0.241. The van der Waals surface area contributed by atoms with Gasteiger partial charge in [0.25, 0.3) is 5.56 Å². The van der Waals surface area contributed by atoms with Gasteiger partial charge in [0.15, 0.2) is 5.65 Å². The van der Waals surface area contributed by atoms with Crippen LogP contribution in [0.5, 0.6) is 0 Å². The summed E-state index contributed by atoms with van der Waals surface area (Å²) >= 11 is 0. The van der Waals surface area contributed by atoms with Crippen LogP contribution in [-0.4, -0.2) is 20.2 Å². The highest BCUT2D eigenvalue weighted by atomic mass is 16.1. The summed E-state index contributed by atoms with van der Waals surface area (Å²) in [5.41, 5.74) is 7.17. The van der Waals surface area contributed by atoms with E-state index in [2.05, 4.69) is 20.2 Å². The fourth-order valence-corrected chi connectivity index (χ4v) is 1.83. The maximum absolute atomic E-state index is 11.8. The van der Waals surface area contributed by atoms with Gasteiger partial charge in [-0.2, -0.15) is 5.10 Å². The molecule has 0 saturated heterocycles. The summed E-state index contributed by atoms with van der Waals surface area (Å²) in [6.45, 7) is 0. The second kappa shape index (κ2) is 4.08. The number of rotatable bonds is 2. The van der Waals surface area contributed by atoms with E-state index in [-0.39, 0.29) is 5.56 Å². The molecule has 0 amide bonds. The maximum Gasteiger partial charge on any atom is 0.262 e. The Balaban J connectivity index is 2.12. The predicted octanol–water partition coefficient (Wildman–Crippen LogP) is 0.694. The minimum Gasteiger partial charge on any atom is -0.318 e. The predicted molar refractivity (Wildman–Crippen MR) is 67.0 cm³/mol. The van der Waals surface area contributed by atoms with Gasteiger partial charge >= 0.3 is 0 Å². The lowest BCUT2D eigenvalue weighted by Gasteiger charge is -2.10. The second-order valence-corrected chi connectivity index (χ2v) is 3.97. The van der Waals surface area contributed by atoms with Crippen LogP contribution in [0.25, 0.3) is 11.0 Å². The van der Waals surface area contributed by atoms with E-state index < -0.39 is 6.04 Å². The highest BCUT2D eigenvalue weighted by Gasteiger charge is 2.13. The van der Waals surface area contributed by atoms with Crippen LogP contribution in [0.1, 0.15) is 17.4 Å². The third-order valence-corrected chi connectivity index (χ3v) is 2.79. The molecule has 1 atom stereocenters. The van der Waals surface area contributed by atoms with Gasteiger partial charge < -0.3 is 10.7 Å². The van der Waals surface area contributed by atoms with Gasteiger partial charge in [-0.25, -0.2) is 4.98 Å². The van der Waals surface area contributed by atoms with Crippen molar-refractivity contribution >= 4 is 11.0 Å². The Bertz CT molecular complexity index is 731. The number of hydrogen-bond donors (Lipinski definition) is 3. The molecular weight excluding hydrogens is 230 g/mol. The van der Waals surface area contributed by atoms with Gasteiger partial charge in [-0.15, -0.1) is 0 Å². The normalized spacial score (nSPS) is 12.7. The van der Waals surface area contributed by atoms with Gasteiger partial charge in [0.05, 0.1) is 12.2 Å². The molecule has 0 bridgehead atoms. The van der Waals surface area contributed by atoms with Crippen molar-refractivity contribution in [1.29, 1.82) is 0 Å². The molecule has 2 heterocycles. The third kappa shape index (κ3) is 1.68. The van der Waals surface area contributed by atoms with E-state index in [1.165, 1.54) is 6.20 Å². The lowest BCUT2D eigenvalue weighted by atomic mass is 10.1. The van der Waals surface area contributed by atoms with Crippen molar-refractivity contribution in [3.05, 3.63) is 58.3 Å². The number of nitrogens with one attached hydrogen (secondary N) is 2. The lowest BCUT2D eigenvalue weighted by Crippen LogP contribution is -2.20. The van der Waals surface area contributed by atoms with Gasteiger partial charge in [0.2, 0.25) is 0 Å². The van der Waals surface area contributed by atoms with Gasteiger partial charge in [-0.05, 0) is 5.56 Å². The van der Waals surface area contributed by atoms with Crippen molar-refractivity contribution in [2.45, 2.75) is 6.04 Å². The number of aromatic amines is 2. The number of aromatic nitrogens is 4. The van der Waals surface area contributed by atoms with Crippen molar-refractivity contribution in [3.8, 4) is 0 Å². The Morgan fingerprint density at radius 1 is 1.22 bits per heavy atom. The summed E-state index contributed by atoms with van der Waals surface area (Å²) in [5.74, 6) is 0.419. The van der Waals surface area contributed by atoms with E-state index in [9.17, 15) is 4.79 Å². The monoisotopic (exact) mass is 241 g/mol. The highest BCUT2D eigenvalue weighted by Crippen LogP contribution is 2.15. The summed E-state index contributed by atoms with van der Waals surface area (Å²) < 4.78 is 0. The second-order valence-electron chi connectivity index (χ2n) is 3.97. The first-order chi connectivity index (χ1) is 8.75. The van der Waals surface area contributed by atoms with E-state index in [1.807, 2.05) is 30.3 Å². The topological polar surface area (TPSA) is 100 Å². The van der Waals surface area contributed by atoms with Crippen LogP contribution < -0.4 is 11.3 Å². The molecule has 2 aromatic heterocycles. The van der Waals surface area contributed by atoms with Crippen molar-refractivity contribution in [3.63, 3.8) is 0 Å². The molecule has 3 rings (SSSR count). The Labute approximate surface area is 102 Å². The summed E-state index contributed by atoms with van der Waals surface area (Å²) in [6.07, 6.45) is 1.44. The third-order valence-electron chi connectivity index (χ3n) is 2.79. The SMILES string of the molecule is NC(c1ccccc1)c1nc2[nH]ncc2c(=O)[nH]1. The van der Waals surface area contributed by atoms with Crippen LogP contribution in [0.15, 0.2) is 41.3 Å². The fraction of sp³-hybridized carbons (Fsp3) is 0.0833. The van der Waals surface area contributed by atoms with Gasteiger partial charge in [-0.3, -0.25) is 9.89 Å². The van der Waals surface area contributed by atoms with Gasteiger partial charge in [0, 0.05) is 0 Å². The molecule has 18 heavy (non-hydrogen) atoms. The molecule has 0 aliphatic carbocycles. The lowest BCUT2D eigenvalue weighted by molar-refractivity contribution is 0.781. The molecule has 0 aliphatic rings. The number of hydrogen-bond acceptors (Lipinski definition) is 4. The zero-order valence-corrected chi connectivity index (χ0v) is 9.42. The zero-order chi connectivity index (χ0) is 12.5. The molecule has 1 unspecified atom stereocenters. The van der Waals surface area contributed by atoms with E-state index in [0.717, 1.165) is 5.56 Å². The van der Waals surface area contributed by atoms with E-state index in [4.69, 9.17) is 5.73 Å². The number of nitrogens with two attached hydrogens (primary N) is 1. The summed E-state index contributed by atoms with van der Waals surface area (Å²) in [6, 6.07) is 9.00. The van der Waals surface area contributed by atoms with Gasteiger partial charge in [-0.1, -0.05) is 30.3 Å². The van der Waals surface area contributed by atoms with Crippen LogP contribution in [0.2, 0.25) is 0 Å². The highest BCUT2D eigenvalue weighted by molar-refractivity contribution is 5.72. The summed E-state index contributed by atoms with van der Waals surface area (Å²) in [5, 5.41) is 6.89. The fourth-order valence-electron chi connectivity index (χ4n) is 1.83. The summed E-state index contributed by atoms with van der Waals surface area (Å²) in [4.78, 5) is 18.7. The molecule has 0 saturated carbocycles. The zero-order valence-electron chi connectivity index (χ0n) is 9.42. The molecule has 6 nitrogen and oxygen atoms in total. The Kier molecular flexibility index (Phi) is 2.42. The number of fused-ring (bicyclic) bond motifs is 1. The molecule has 1 aromatic carbocycles. The molecule has 0 radical (unpaired) electrons. The summed E-state index contributed by atoms with van der Waals surface area (Å²) in [7, 11) is 0. The van der Waals surface area contributed by atoms with Crippen LogP contribution in [0.3, 0.4) is 0 Å². The van der Waals surface area contributed by atoms with Gasteiger partial charge in [0.1, 0.15) is 11.2 Å². The van der Waals surface area contributed by atoms with Crippen LogP contribution in [0.4, 0.5) is 0 Å². The molecule has 90 valence electrons. The first-order valence-electron chi connectivity index (χ1n) is 5.49. The molecule has 6 heteroatoms. The number of nitrogens with zero attached hydrogens (tertiary/aromatic N) is 2. The molecule has 0 fully saturated rings. The smallest absolute Gasteiger partial charge is 0.262 e. The van der Waals surface area contributed by atoms with Crippen molar-refractivity contribution in [1.82, 2.24) is 20.2 Å². The van der Waals surface area contributed by atoms with E-state index in [1.54, 1.807) is 0 Å². The van der Waals surface area contributed by atoms with Crippen LogP contribution in [0, 0.1) is 0 Å². The number of H-pyrrole nitrogens is 2. The quantitative estimate of drug-likeness (QED) is 0.614. The van der Waals surface area contributed by atoms with Crippen LogP contribution in [-0.2, 0) is 0 Å². The largest absolute Gasteiger partial charge is 0.318 e. The molecular formula is C12H11N5O. The van der Waals surface area contributed by atoms with Crippen LogP contribution >= 0.6 is 0 Å². The standard InChI is InChI=1S/C12H11N5O/c13-9(7-4-2-1-3-5-7)11-15-10-8(6-14-17-10)12(18)16-11/h1-6,9H,13H2,(H2,14,15,16,17,18). The number of benzene rings is 1. The Hall–Kier alpha value is -2.47. The molecule has 4 N–H and O–H groups in total. The van der Waals surface area contributed by atoms with Crippen molar-refractivity contribution in [2.24, 2.45) is 5.73 Å². The Morgan fingerprint density at radius 2 is 2.00 bits per heavy atom. The first kappa shape index (κ1) is 10.7. The minimum atomic E-state index is -0.466. The molecule has 0 aliphatic heterocycles. The van der Waals surface area contributed by atoms with E-state index in [0.29, 0.717) is 16.9 Å². The molecule has 0 spiro atoms. The van der Waals surface area contributed by atoms with E-state index >= 15 is 0 Å². The maximum atomic E-state index is 11.8.